The average molecular weight is 583 g/mol. The third-order valence-electron chi connectivity index (χ3n) is 3.59. The summed E-state index contributed by atoms with van der Waals surface area (Å²) in [6.07, 6.45) is -6.21. The van der Waals surface area contributed by atoms with Crippen LogP contribution in [-0.4, -0.2) is 52.2 Å². The Morgan fingerprint density at radius 3 is 1.49 bits per heavy atom. The van der Waals surface area contributed by atoms with Crippen molar-refractivity contribution in [1.29, 1.82) is 0 Å². The van der Waals surface area contributed by atoms with E-state index in [1.165, 1.54) is 24.5 Å². The Labute approximate surface area is 217 Å². The zero-order valence-corrected chi connectivity index (χ0v) is 19.8. The van der Waals surface area contributed by atoms with Crippen molar-refractivity contribution in [3.8, 4) is 0 Å². The molecule has 1 heterocycles. The van der Waals surface area contributed by atoms with Crippen molar-refractivity contribution in [3.63, 3.8) is 0 Å². The number of pyridine rings is 1. The summed E-state index contributed by atoms with van der Waals surface area (Å²) < 4.78 is 74.5. The van der Waals surface area contributed by atoms with Crippen LogP contribution in [-0.2, 0) is 42.3 Å². The molecule has 7 nitrogen and oxygen atoms in total. The summed E-state index contributed by atoms with van der Waals surface area (Å²) in [6, 6.07) is 11.3. The van der Waals surface area contributed by atoms with E-state index in [4.69, 9.17) is 25.3 Å². The summed E-state index contributed by atoms with van der Waals surface area (Å²) in [5.74, 6) is 0. The number of hydrogen-bond acceptors (Lipinski definition) is 7. The molecule has 35 heavy (non-hydrogen) atoms. The van der Waals surface area contributed by atoms with Gasteiger partial charge in [-0.15, -0.1) is 10.2 Å². The maximum atomic E-state index is 12.4. The number of benzene rings is 1. The number of aromatic nitrogens is 1. The Balaban J connectivity index is 0.00000612. The summed E-state index contributed by atoms with van der Waals surface area (Å²) in [5.41, 5.74) is 0.826. The number of alkyl halides is 6. The number of hydrogen-bond donors (Lipinski definition) is 2. The first-order valence-corrected chi connectivity index (χ1v) is 9.99. The van der Waals surface area contributed by atoms with Crippen molar-refractivity contribution in [3.05, 3.63) is 66.0 Å². The van der Waals surface area contributed by atoms with Crippen LogP contribution in [0.3, 0.4) is 0 Å². The Morgan fingerprint density at radius 2 is 1.09 bits per heavy atom. The van der Waals surface area contributed by atoms with Gasteiger partial charge in [-0.05, 0) is 22.5 Å². The molecular formula is C19H15CuF6N7S2. The first-order valence-electron chi connectivity index (χ1n) is 9.17. The van der Waals surface area contributed by atoms with Gasteiger partial charge in [0.1, 0.15) is 24.5 Å². The van der Waals surface area contributed by atoms with E-state index in [1.807, 2.05) is 10.6 Å². The van der Waals surface area contributed by atoms with E-state index in [9.17, 15) is 26.3 Å². The van der Waals surface area contributed by atoms with Crippen LogP contribution in [0.15, 0.2) is 75.3 Å². The van der Waals surface area contributed by atoms with Crippen molar-refractivity contribution in [2.75, 3.05) is 13.1 Å². The van der Waals surface area contributed by atoms with Crippen molar-refractivity contribution < 1.29 is 43.4 Å². The van der Waals surface area contributed by atoms with E-state index in [2.05, 4.69) is 25.4 Å². The monoisotopic (exact) mass is 582 g/mol. The molecule has 0 aliphatic rings. The molecule has 1 aromatic heterocycles. The number of rotatable bonds is 7. The molecule has 1 radical (unpaired) electrons. The van der Waals surface area contributed by atoms with Gasteiger partial charge in [0.25, 0.3) is 0 Å². The van der Waals surface area contributed by atoms with Crippen LogP contribution in [0.2, 0.25) is 0 Å². The smallest absolute Gasteiger partial charge is 0.741 e. The van der Waals surface area contributed by atoms with Crippen molar-refractivity contribution in [2.45, 2.75) is 12.4 Å². The van der Waals surface area contributed by atoms with Crippen molar-refractivity contribution in [1.82, 2.24) is 15.6 Å². The van der Waals surface area contributed by atoms with E-state index in [0.717, 1.165) is 0 Å². The molecule has 0 aliphatic carbocycles. The minimum absolute atomic E-state index is 0. The summed E-state index contributed by atoms with van der Waals surface area (Å²) >= 11 is 9.54. The fourth-order valence-electron chi connectivity index (χ4n) is 2.20. The quantitative estimate of drug-likeness (QED) is 0.131. The third-order valence-corrected chi connectivity index (χ3v) is 4.04. The van der Waals surface area contributed by atoms with Crippen molar-refractivity contribution >= 4 is 47.0 Å². The maximum Gasteiger partial charge on any atom is 2.00 e. The van der Waals surface area contributed by atoms with Gasteiger partial charge in [0.05, 0.1) is 0 Å². The molecule has 0 saturated heterocycles. The second-order valence-corrected chi connectivity index (χ2v) is 7.02. The van der Waals surface area contributed by atoms with E-state index in [1.54, 1.807) is 30.3 Å². The van der Waals surface area contributed by atoms with Crippen LogP contribution >= 0.6 is 0 Å². The number of amidine groups is 2. The minimum atomic E-state index is -4.52. The second-order valence-electron chi connectivity index (χ2n) is 6.25. The summed E-state index contributed by atoms with van der Waals surface area (Å²) in [6.45, 7) is -2.82. The number of nitrogens with zero attached hydrogens (tertiary/aromatic N) is 5. The zero-order valence-electron chi connectivity index (χ0n) is 17.2. The maximum absolute atomic E-state index is 12.4. The van der Waals surface area contributed by atoms with Gasteiger partial charge in [-0.3, -0.25) is 4.98 Å². The predicted molar refractivity (Wildman–Crippen MR) is 121 cm³/mol. The molecule has 0 unspecified atom stereocenters. The van der Waals surface area contributed by atoms with E-state index >= 15 is 0 Å². The molecule has 0 fully saturated rings. The van der Waals surface area contributed by atoms with Crippen LogP contribution < -0.4 is 10.6 Å². The molecule has 2 N–H and O–H groups in total. The Bertz CT molecular complexity index is 973. The SMILES string of the molecule is FC(F)(F)CN/C([S-])=N/N=C(/C(=N/N=C(\[S-])NCC(F)(F)F)c1ccncc1)c1ccccc1.[Cu+2]. The standard InChI is InChI=1S/C19H17F6N7S2.Cu/c20-18(21,22)10-27-16(33)31-29-14(12-4-2-1-3-5-12)15(13-6-8-26-9-7-13)30-32-17(34)28-11-19(23,24)25;/h1-9H,10-11H2,(H2,27,31,33)(H2,28,32,34);/q;+2/p-2/b29-14+,30-15+;. The fourth-order valence-corrected chi connectivity index (χ4v) is 2.43. The molecule has 1 aromatic carbocycles. The van der Waals surface area contributed by atoms with Gasteiger partial charge in [-0.25, -0.2) is 0 Å². The van der Waals surface area contributed by atoms with Crippen LogP contribution in [0.25, 0.3) is 0 Å². The fraction of sp³-hybridized carbons (Fsp3) is 0.211. The van der Waals surface area contributed by atoms with Gasteiger partial charge in [0.2, 0.25) is 0 Å². The van der Waals surface area contributed by atoms with Gasteiger partial charge in [-0.2, -0.15) is 36.5 Å². The van der Waals surface area contributed by atoms with Gasteiger partial charge in [-0.1, -0.05) is 30.3 Å². The molecule has 0 spiro atoms. The molecule has 0 amide bonds. The number of nitrogens with one attached hydrogen (secondary N) is 2. The molecular weight excluding hydrogens is 568 g/mol. The molecule has 2 aromatic rings. The Kier molecular flexibility index (Phi) is 12.0. The Hall–Kier alpha value is -2.81. The van der Waals surface area contributed by atoms with Gasteiger partial charge >= 0.3 is 29.4 Å². The third kappa shape index (κ3) is 11.9. The van der Waals surface area contributed by atoms with Crippen LogP contribution in [0.5, 0.6) is 0 Å². The van der Waals surface area contributed by atoms with Crippen molar-refractivity contribution in [2.24, 2.45) is 20.4 Å². The van der Waals surface area contributed by atoms with Crippen LogP contribution in [0.4, 0.5) is 26.3 Å². The molecule has 0 saturated carbocycles. The average Bonchev–Trinajstić information content (AvgIpc) is 2.78. The van der Waals surface area contributed by atoms with Crippen LogP contribution in [0.1, 0.15) is 11.1 Å². The zero-order chi connectivity index (χ0) is 25.2. The summed E-state index contributed by atoms with van der Waals surface area (Å²) in [7, 11) is 0. The predicted octanol–water partition coefficient (Wildman–Crippen LogP) is 3.30. The normalized spacial score (nSPS) is 13.8. The first kappa shape index (κ1) is 30.2. The molecule has 0 bridgehead atoms. The minimum Gasteiger partial charge on any atom is -0.741 e. The molecule has 0 aliphatic heterocycles. The van der Waals surface area contributed by atoms with Gasteiger partial charge in [0.15, 0.2) is 0 Å². The second kappa shape index (κ2) is 13.9. The van der Waals surface area contributed by atoms with E-state index in [0.29, 0.717) is 11.1 Å². The Morgan fingerprint density at radius 1 is 0.686 bits per heavy atom. The van der Waals surface area contributed by atoms with Crippen LogP contribution in [0, 0.1) is 0 Å². The molecule has 0 atom stereocenters. The molecule has 16 heteroatoms. The topological polar surface area (TPSA) is 86.4 Å². The van der Waals surface area contributed by atoms with Gasteiger partial charge in [0, 0.05) is 23.5 Å². The summed E-state index contributed by atoms with van der Waals surface area (Å²) in [5, 5.41) is 17.9. The van der Waals surface area contributed by atoms with E-state index < -0.39 is 35.8 Å². The molecule has 191 valence electrons. The largest absolute Gasteiger partial charge is 2.00 e. The first-order chi connectivity index (χ1) is 15.9. The number of halogens is 6. The van der Waals surface area contributed by atoms with E-state index in [-0.39, 0.29) is 28.5 Å². The summed E-state index contributed by atoms with van der Waals surface area (Å²) in [4.78, 5) is 3.88. The molecule has 2 rings (SSSR count). The van der Waals surface area contributed by atoms with Gasteiger partial charge < -0.3 is 35.9 Å².